The molecule has 0 atom stereocenters. The van der Waals surface area contributed by atoms with Crippen LogP contribution in [0, 0.1) is 5.92 Å². The summed E-state index contributed by atoms with van der Waals surface area (Å²) in [5.74, 6) is 1.66. The summed E-state index contributed by atoms with van der Waals surface area (Å²) < 4.78 is 5.51. The Kier molecular flexibility index (Phi) is 4.17. The van der Waals surface area contributed by atoms with Crippen LogP contribution in [0.3, 0.4) is 0 Å². The number of anilines is 1. The second-order valence-corrected chi connectivity index (χ2v) is 6.56. The summed E-state index contributed by atoms with van der Waals surface area (Å²) in [5.41, 5.74) is 3.10. The lowest BCUT2D eigenvalue weighted by atomic mass is 9.99. The number of hydrogen-bond acceptors (Lipinski definition) is 3. The number of pyridine rings is 1. The molecular weight excluding hydrogens is 324 g/mol. The predicted molar refractivity (Wildman–Crippen MR) is 105 cm³/mol. The first-order valence-corrected chi connectivity index (χ1v) is 8.69. The molecule has 1 amide bonds. The van der Waals surface area contributed by atoms with Gasteiger partial charge in [-0.25, -0.2) is 4.98 Å². The zero-order chi connectivity index (χ0) is 18.1. The van der Waals surface area contributed by atoms with Crippen molar-refractivity contribution in [3.8, 4) is 16.9 Å². The Bertz CT molecular complexity index is 1010. The van der Waals surface area contributed by atoms with Crippen LogP contribution >= 0.6 is 0 Å². The molecule has 0 aliphatic heterocycles. The van der Waals surface area contributed by atoms with Gasteiger partial charge in [-0.1, -0.05) is 30.9 Å². The van der Waals surface area contributed by atoms with Crippen molar-refractivity contribution in [2.24, 2.45) is 5.92 Å². The van der Waals surface area contributed by atoms with Crippen LogP contribution in [0.5, 0.6) is 5.75 Å². The van der Waals surface area contributed by atoms with Crippen LogP contribution in [0.2, 0.25) is 0 Å². The summed E-state index contributed by atoms with van der Waals surface area (Å²) in [5, 5.41) is 4.94. The molecule has 4 rings (SSSR count). The van der Waals surface area contributed by atoms with E-state index in [0.29, 0.717) is 5.82 Å². The van der Waals surface area contributed by atoms with Crippen molar-refractivity contribution in [2.45, 2.75) is 12.8 Å². The first-order chi connectivity index (χ1) is 12.7. The van der Waals surface area contributed by atoms with E-state index in [4.69, 9.17) is 4.74 Å². The van der Waals surface area contributed by atoms with Crippen molar-refractivity contribution >= 4 is 28.6 Å². The van der Waals surface area contributed by atoms with Gasteiger partial charge < -0.3 is 10.1 Å². The van der Waals surface area contributed by atoms with E-state index in [-0.39, 0.29) is 11.8 Å². The van der Waals surface area contributed by atoms with Gasteiger partial charge in [0.15, 0.2) is 0 Å². The third-order valence-electron chi connectivity index (χ3n) is 4.69. The van der Waals surface area contributed by atoms with E-state index in [2.05, 4.69) is 35.1 Å². The lowest BCUT2D eigenvalue weighted by Crippen LogP contribution is -2.14. The Labute approximate surface area is 152 Å². The quantitative estimate of drug-likeness (QED) is 0.716. The molecule has 0 spiro atoms. The second-order valence-electron chi connectivity index (χ2n) is 6.56. The highest BCUT2D eigenvalue weighted by atomic mass is 16.5. The third-order valence-corrected chi connectivity index (χ3v) is 4.69. The van der Waals surface area contributed by atoms with Crippen molar-refractivity contribution in [1.29, 1.82) is 0 Å². The van der Waals surface area contributed by atoms with Crippen LogP contribution in [0.15, 0.2) is 55.2 Å². The maximum absolute atomic E-state index is 11.9. The summed E-state index contributed by atoms with van der Waals surface area (Å²) in [6.07, 6.45) is 5.58. The Hall–Kier alpha value is -3.14. The number of hydrogen-bond donors (Lipinski definition) is 1. The maximum Gasteiger partial charge on any atom is 0.228 e. The summed E-state index contributed by atoms with van der Waals surface area (Å²) in [7, 11) is 1.67. The molecule has 0 radical (unpaired) electrons. The number of nitrogens with zero attached hydrogens (tertiary/aromatic N) is 1. The minimum atomic E-state index is 0.0689. The normalized spacial score (nSPS) is 13.4. The molecule has 0 saturated heterocycles. The SMILES string of the molecule is C=Cc1ccc(OC)c(-c2ccc3cc(NC(=O)C4CC4)ncc3c2)c1. The van der Waals surface area contributed by atoms with Crippen molar-refractivity contribution in [3.63, 3.8) is 0 Å². The van der Waals surface area contributed by atoms with E-state index < -0.39 is 0 Å². The number of rotatable bonds is 5. The van der Waals surface area contributed by atoms with Gasteiger partial charge in [-0.15, -0.1) is 0 Å². The van der Waals surface area contributed by atoms with E-state index in [0.717, 1.165) is 46.1 Å². The first-order valence-electron chi connectivity index (χ1n) is 8.69. The molecule has 1 aliphatic rings. The fraction of sp³-hybridized carbons (Fsp3) is 0.182. The van der Waals surface area contributed by atoms with Crippen molar-refractivity contribution in [1.82, 2.24) is 4.98 Å². The van der Waals surface area contributed by atoms with Crippen LogP contribution in [0.4, 0.5) is 5.82 Å². The number of aromatic nitrogens is 1. The fourth-order valence-electron chi connectivity index (χ4n) is 3.03. The molecule has 1 N–H and O–H groups in total. The van der Waals surface area contributed by atoms with Crippen molar-refractivity contribution in [2.75, 3.05) is 12.4 Å². The van der Waals surface area contributed by atoms with Gasteiger partial charge in [0.05, 0.1) is 7.11 Å². The lowest BCUT2D eigenvalue weighted by molar-refractivity contribution is -0.117. The monoisotopic (exact) mass is 344 g/mol. The van der Waals surface area contributed by atoms with Gasteiger partial charge >= 0.3 is 0 Å². The average Bonchev–Trinajstić information content (AvgIpc) is 3.52. The Balaban J connectivity index is 1.69. The van der Waals surface area contributed by atoms with Gasteiger partial charge in [0.1, 0.15) is 11.6 Å². The standard InChI is InChI=1S/C22H20N2O2/c1-3-14-4-9-20(26-2)19(10-14)17-8-7-16-12-21(23-13-18(16)11-17)24-22(25)15-5-6-15/h3-4,7-13,15H,1,5-6H2,2H3,(H,23,24,25). The number of nitrogens with one attached hydrogen (secondary N) is 1. The smallest absolute Gasteiger partial charge is 0.228 e. The molecule has 130 valence electrons. The van der Waals surface area contributed by atoms with Gasteiger partial charge in [-0.2, -0.15) is 0 Å². The lowest BCUT2D eigenvalue weighted by Gasteiger charge is -2.11. The van der Waals surface area contributed by atoms with Crippen LogP contribution in [-0.4, -0.2) is 18.0 Å². The Morgan fingerprint density at radius 3 is 2.77 bits per heavy atom. The molecule has 4 nitrogen and oxygen atoms in total. The van der Waals surface area contributed by atoms with E-state index in [9.17, 15) is 4.79 Å². The molecule has 2 aromatic carbocycles. The van der Waals surface area contributed by atoms with Crippen LogP contribution in [0.25, 0.3) is 28.0 Å². The minimum Gasteiger partial charge on any atom is -0.496 e. The summed E-state index contributed by atoms with van der Waals surface area (Å²) in [4.78, 5) is 16.3. The fourth-order valence-corrected chi connectivity index (χ4v) is 3.03. The number of amides is 1. The highest BCUT2D eigenvalue weighted by Crippen LogP contribution is 2.34. The number of carbonyl (C=O) groups is 1. The van der Waals surface area contributed by atoms with E-state index in [1.54, 1.807) is 13.3 Å². The van der Waals surface area contributed by atoms with E-state index >= 15 is 0 Å². The number of ether oxygens (including phenoxy) is 1. The zero-order valence-electron chi connectivity index (χ0n) is 14.7. The molecule has 1 saturated carbocycles. The molecule has 26 heavy (non-hydrogen) atoms. The predicted octanol–water partition coefficient (Wildman–Crippen LogP) is 4.90. The molecule has 4 heteroatoms. The number of benzene rings is 2. The largest absolute Gasteiger partial charge is 0.496 e. The minimum absolute atomic E-state index is 0.0689. The van der Waals surface area contributed by atoms with Crippen LogP contribution in [-0.2, 0) is 4.79 Å². The van der Waals surface area contributed by atoms with Crippen LogP contribution < -0.4 is 10.1 Å². The molecular formula is C22H20N2O2. The third kappa shape index (κ3) is 3.18. The molecule has 3 aromatic rings. The van der Waals surface area contributed by atoms with E-state index in [1.165, 1.54) is 0 Å². The van der Waals surface area contributed by atoms with Crippen molar-refractivity contribution in [3.05, 3.63) is 60.8 Å². The molecule has 1 aliphatic carbocycles. The number of methoxy groups -OCH3 is 1. The van der Waals surface area contributed by atoms with E-state index in [1.807, 2.05) is 30.3 Å². The van der Waals surface area contributed by atoms with Crippen molar-refractivity contribution < 1.29 is 9.53 Å². The highest BCUT2D eigenvalue weighted by Gasteiger charge is 2.29. The van der Waals surface area contributed by atoms with Crippen LogP contribution in [0.1, 0.15) is 18.4 Å². The number of carbonyl (C=O) groups excluding carboxylic acids is 1. The van der Waals surface area contributed by atoms with Gasteiger partial charge in [0.2, 0.25) is 5.91 Å². The van der Waals surface area contributed by atoms with Gasteiger partial charge in [0, 0.05) is 23.1 Å². The Morgan fingerprint density at radius 1 is 1.19 bits per heavy atom. The van der Waals surface area contributed by atoms with Gasteiger partial charge in [-0.3, -0.25) is 4.79 Å². The molecule has 0 bridgehead atoms. The Morgan fingerprint density at radius 2 is 2.04 bits per heavy atom. The molecule has 1 fully saturated rings. The average molecular weight is 344 g/mol. The summed E-state index contributed by atoms with van der Waals surface area (Å²) in [6, 6.07) is 14.1. The molecule has 1 heterocycles. The van der Waals surface area contributed by atoms with Gasteiger partial charge in [-0.05, 0) is 53.6 Å². The molecule has 1 aromatic heterocycles. The second kappa shape index (κ2) is 6.64. The topological polar surface area (TPSA) is 51.2 Å². The summed E-state index contributed by atoms with van der Waals surface area (Å²) in [6.45, 7) is 3.84. The maximum atomic E-state index is 11.9. The zero-order valence-corrected chi connectivity index (χ0v) is 14.7. The molecule has 0 unspecified atom stereocenters. The number of fused-ring (bicyclic) bond motifs is 1. The highest BCUT2D eigenvalue weighted by molar-refractivity contribution is 5.96. The first kappa shape index (κ1) is 16.3. The van der Waals surface area contributed by atoms with Gasteiger partial charge in [0.25, 0.3) is 0 Å². The summed E-state index contributed by atoms with van der Waals surface area (Å²) >= 11 is 0.